The van der Waals surface area contributed by atoms with Gasteiger partial charge in [-0.1, -0.05) is 6.07 Å². The predicted molar refractivity (Wildman–Crippen MR) is 84.5 cm³/mol. The SMILES string of the molecule is O=S(=O)(Nc1ccc2nccn2c1)c1ccc2c(c1)CCC2. The third-order valence-corrected chi connectivity index (χ3v) is 5.40. The van der Waals surface area contributed by atoms with Gasteiger partial charge in [0.05, 0.1) is 10.6 Å². The van der Waals surface area contributed by atoms with Crippen LogP contribution < -0.4 is 4.72 Å². The van der Waals surface area contributed by atoms with E-state index in [1.165, 1.54) is 5.56 Å². The van der Waals surface area contributed by atoms with Gasteiger partial charge < -0.3 is 4.40 Å². The lowest BCUT2D eigenvalue weighted by molar-refractivity contribution is 0.601. The molecule has 0 aliphatic heterocycles. The first-order valence-electron chi connectivity index (χ1n) is 7.19. The van der Waals surface area contributed by atoms with Gasteiger partial charge in [0.15, 0.2) is 0 Å². The summed E-state index contributed by atoms with van der Waals surface area (Å²) in [5.41, 5.74) is 3.71. The molecule has 2 heterocycles. The number of nitrogens with zero attached hydrogens (tertiary/aromatic N) is 2. The number of fused-ring (bicyclic) bond motifs is 2. The number of aromatic nitrogens is 2. The van der Waals surface area contributed by atoms with E-state index in [-0.39, 0.29) is 0 Å². The quantitative estimate of drug-likeness (QED) is 0.808. The molecule has 0 bridgehead atoms. The summed E-state index contributed by atoms with van der Waals surface area (Å²) >= 11 is 0. The van der Waals surface area contributed by atoms with Gasteiger partial charge in [0, 0.05) is 18.6 Å². The first-order chi connectivity index (χ1) is 10.6. The molecule has 2 aromatic heterocycles. The lowest BCUT2D eigenvalue weighted by atomic mass is 10.1. The highest BCUT2D eigenvalue weighted by Gasteiger charge is 2.18. The largest absolute Gasteiger partial charge is 0.305 e. The Labute approximate surface area is 128 Å². The lowest BCUT2D eigenvalue weighted by Gasteiger charge is -2.10. The molecular formula is C16H15N3O2S. The minimum absolute atomic E-state index is 0.318. The number of benzene rings is 1. The molecular weight excluding hydrogens is 298 g/mol. The highest BCUT2D eigenvalue weighted by Crippen LogP contribution is 2.25. The number of sulfonamides is 1. The molecule has 0 spiro atoms. The van der Waals surface area contributed by atoms with E-state index in [4.69, 9.17) is 0 Å². The molecule has 1 N–H and O–H groups in total. The maximum Gasteiger partial charge on any atom is 0.261 e. The zero-order valence-corrected chi connectivity index (χ0v) is 12.7. The molecule has 3 aromatic rings. The van der Waals surface area contributed by atoms with Crippen molar-refractivity contribution in [3.8, 4) is 0 Å². The Bertz CT molecular complexity index is 960. The summed E-state index contributed by atoms with van der Waals surface area (Å²) < 4.78 is 29.5. The summed E-state index contributed by atoms with van der Waals surface area (Å²) in [4.78, 5) is 4.46. The number of aryl methyl sites for hydroxylation is 2. The van der Waals surface area contributed by atoms with Gasteiger partial charge in [0.1, 0.15) is 5.65 Å². The Morgan fingerprint density at radius 3 is 2.86 bits per heavy atom. The first kappa shape index (κ1) is 13.3. The van der Waals surface area contributed by atoms with Crippen LogP contribution >= 0.6 is 0 Å². The molecule has 22 heavy (non-hydrogen) atoms. The van der Waals surface area contributed by atoms with Crippen molar-refractivity contribution in [1.29, 1.82) is 0 Å². The monoisotopic (exact) mass is 313 g/mol. The standard InChI is InChI=1S/C16H15N3O2S/c20-22(21,15-6-4-12-2-1-3-13(12)10-15)18-14-5-7-16-17-8-9-19(16)11-14/h4-11,18H,1-3H2. The van der Waals surface area contributed by atoms with Gasteiger partial charge in [-0.2, -0.15) is 0 Å². The van der Waals surface area contributed by atoms with Gasteiger partial charge in [-0.15, -0.1) is 0 Å². The van der Waals surface area contributed by atoms with Crippen LogP contribution in [0.4, 0.5) is 5.69 Å². The fourth-order valence-corrected chi connectivity index (χ4v) is 4.00. The van der Waals surface area contributed by atoms with Crippen molar-refractivity contribution >= 4 is 21.4 Å². The maximum absolute atomic E-state index is 12.5. The van der Waals surface area contributed by atoms with Crippen molar-refractivity contribution in [2.45, 2.75) is 24.2 Å². The zero-order chi connectivity index (χ0) is 15.2. The van der Waals surface area contributed by atoms with E-state index in [1.807, 2.05) is 6.07 Å². The Balaban J connectivity index is 1.68. The number of hydrogen-bond acceptors (Lipinski definition) is 3. The molecule has 0 radical (unpaired) electrons. The van der Waals surface area contributed by atoms with Crippen molar-refractivity contribution in [2.75, 3.05) is 4.72 Å². The Morgan fingerprint density at radius 1 is 1.09 bits per heavy atom. The van der Waals surface area contributed by atoms with E-state index in [2.05, 4.69) is 9.71 Å². The third kappa shape index (κ3) is 2.25. The van der Waals surface area contributed by atoms with Crippen molar-refractivity contribution in [1.82, 2.24) is 9.38 Å². The molecule has 0 saturated heterocycles. The minimum atomic E-state index is -3.57. The number of hydrogen-bond donors (Lipinski definition) is 1. The summed E-state index contributed by atoms with van der Waals surface area (Å²) in [6.45, 7) is 0. The van der Waals surface area contributed by atoms with Crippen molar-refractivity contribution < 1.29 is 8.42 Å². The average molecular weight is 313 g/mol. The smallest absolute Gasteiger partial charge is 0.261 e. The summed E-state index contributed by atoms with van der Waals surface area (Å²) in [5.74, 6) is 0. The van der Waals surface area contributed by atoms with Crippen LogP contribution in [0.5, 0.6) is 0 Å². The van der Waals surface area contributed by atoms with E-state index in [0.717, 1.165) is 30.5 Å². The highest BCUT2D eigenvalue weighted by molar-refractivity contribution is 7.92. The summed E-state index contributed by atoms with van der Waals surface area (Å²) in [6, 6.07) is 8.90. The first-order valence-corrected chi connectivity index (χ1v) is 8.67. The van der Waals surface area contributed by atoms with Crippen LogP contribution in [0.25, 0.3) is 5.65 Å². The number of anilines is 1. The van der Waals surface area contributed by atoms with E-state index in [1.54, 1.807) is 47.3 Å². The van der Waals surface area contributed by atoms with Crippen molar-refractivity contribution in [3.63, 3.8) is 0 Å². The van der Waals surface area contributed by atoms with Crippen LogP contribution in [0.3, 0.4) is 0 Å². The van der Waals surface area contributed by atoms with Crippen LogP contribution in [0.1, 0.15) is 17.5 Å². The number of imidazole rings is 1. The van der Waals surface area contributed by atoms with Gasteiger partial charge in [-0.3, -0.25) is 4.72 Å². The van der Waals surface area contributed by atoms with Crippen molar-refractivity contribution in [3.05, 3.63) is 60.0 Å². The Kier molecular flexibility index (Phi) is 2.94. The molecule has 0 unspecified atom stereocenters. The fourth-order valence-electron chi connectivity index (χ4n) is 2.91. The number of rotatable bonds is 3. The molecule has 0 fully saturated rings. The third-order valence-electron chi connectivity index (χ3n) is 4.02. The normalized spacial score (nSPS) is 14.2. The van der Waals surface area contributed by atoms with E-state index in [9.17, 15) is 8.42 Å². The topological polar surface area (TPSA) is 63.5 Å². The summed E-state index contributed by atoms with van der Waals surface area (Å²) in [7, 11) is -3.57. The number of nitrogens with one attached hydrogen (secondary N) is 1. The molecule has 0 atom stereocenters. The fraction of sp³-hybridized carbons (Fsp3) is 0.188. The van der Waals surface area contributed by atoms with Crippen LogP contribution in [0, 0.1) is 0 Å². The molecule has 1 aliphatic rings. The van der Waals surface area contributed by atoms with Gasteiger partial charge in [-0.25, -0.2) is 13.4 Å². The van der Waals surface area contributed by atoms with Gasteiger partial charge in [0.2, 0.25) is 0 Å². The van der Waals surface area contributed by atoms with Gasteiger partial charge in [0.25, 0.3) is 10.0 Å². The van der Waals surface area contributed by atoms with E-state index >= 15 is 0 Å². The molecule has 0 amide bonds. The van der Waals surface area contributed by atoms with Gasteiger partial charge >= 0.3 is 0 Å². The van der Waals surface area contributed by atoms with Crippen LogP contribution in [0.2, 0.25) is 0 Å². The molecule has 0 saturated carbocycles. The second kappa shape index (κ2) is 4.84. The van der Waals surface area contributed by atoms with Crippen LogP contribution in [0.15, 0.2) is 53.8 Å². The van der Waals surface area contributed by atoms with Crippen molar-refractivity contribution in [2.24, 2.45) is 0 Å². The molecule has 6 heteroatoms. The summed E-state index contributed by atoms with van der Waals surface area (Å²) in [5, 5.41) is 0. The number of pyridine rings is 1. The molecule has 1 aliphatic carbocycles. The Morgan fingerprint density at radius 2 is 1.95 bits per heavy atom. The van der Waals surface area contributed by atoms with Gasteiger partial charge in [-0.05, 0) is 54.7 Å². The molecule has 5 nitrogen and oxygen atoms in total. The average Bonchev–Trinajstić information content (AvgIpc) is 3.14. The molecule has 4 rings (SSSR count). The van der Waals surface area contributed by atoms with Crippen LogP contribution in [-0.2, 0) is 22.9 Å². The highest BCUT2D eigenvalue weighted by atomic mass is 32.2. The van der Waals surface area contributed by atoms with E-state index in [0.29, 0.717) is 10.6 Å². The second-order valence-electron chi connectivity index (χ2n) is 5.50. The van der Waals surface area contributed by atoms with E-state index < -0.39 is 10.0 Å². The maximum atomic E-state index is 12.5. The zero-order valence-electron chi connectivity index (χ0n) is 11.9. The Hall–Kier alpha value is -2.34. The molecule has 112 valence electrons. The second-order valence-corrected chi connectivity index (χ2v) is 7.18. The molecule has 1 aromatic carbocycles. The minimum Gasteiger partial charge on any atom is -0.305 e. The predicted octanol–water partition coefficient (Wildman–Crippen LogP) is 2.62. The summed E-state index contributed by atoms with van der Waals surface area (Å²) in [6.07, 6.45) is 8.27. The van der Waals surface area contributed by atoms with Crippen LogP contribution in [-0.4, -0.2) is 17.8 Å². The lowest BCUT2D eigenvalue weighted by Crippen LogP contribution is -2.13.